The van der Waals surface area contributed by atoms with E-state index in [0.29, 0.717) is 24.2 Å². The van der Waals surface area contributed by atoms with Crippen LogP contribution in [0.4, 0.5) is 0 Å². The topological polar surface area (TPSA) is 79.9 Å². The fraction of sp³-hybridized carbons (Fsp3) is 0.235. The first-order valence-electron chi connectivity index (χ1n) is 7.59. The Hall–Kier alpha value is -2.73. The highest BCUT2D eigenvalue weighted by Crippen LogP contribution is 2.26. The highest BCUT2D eigenvalue weighted by Gasteiger charge is 2.21. The van der Waals surface area contributed by atoms with E-state index in [-0.39, 0.29) is 12.0 Å². The van der Waals surface area contributed by atoms with Crippen molar-refractivity contribution in [3.63, 3.8) is 0 Å². The summed E-state index contributed by atoms with van der Waals surface area (Å²) in [5, 5.41) is 13.5. The van der Waals surface area contributed by atoms with Crippen molar-refractivity contribution in [3.05, 3.63) is 59.2 Å². The van der Waals surface area contributed by atoms with Gasteiger partial charge < -0.3 is 10.1 Å². The van der Waals surface area contributed by atoms with Crippen molar-refractivity contribution in [1.82, 2.24) is 20.7 Å². The van der Waals surface area contributed by atoms with Crippen LogP contribution in [0.2, 0.25) is 0 Å². The van der Waals surface area contributed by atoms with Crippen LogP contribution in [0, 0.1) is 0 Å². The summed E-state index contributed by atoms with van der Waals surface area (Å²) < 4.78 is 5.81. The number of hydrogen-bond donors (Lipinski definition) is 2. The minimum atomic E-state index is -0.137. The van der Waals surface area contributed by atoms with E-state index >= 15 is 0 Å². The van der Waals surface area contributed by atoms with Gasteiger partial charge in [0.05, 0.1) is 6.61 Å². The maximum atomic E-state index is 12.3. The molecule has 2 heterocycles. The molecular weight excluding hydrogens is 292 g/mol. The van der Waals surface area contributed by atoms with E-state index in [0.717, 1.165) is 17.5 Å². The van der Waals surface area contributed by atoms with Crippen LogP contribution in [-0.2, 0) is 11.2 Å². The largest absolute Gasteiger partial charge is 0.371 e. The summed E-state index contributed by atoms with van der Waals surface area (Å²) in [6.07, 6.45) is 0.823. The van der Waals surface area contributed by atoms with Gasteiger partial charge in [0.2, 0.25) is 0 Å². The van der Waals surface area contributed by atoms with Crippen LogP contribution in [0.1, 0.15) is 27.6 Å². The SMILES string of the molecule is O=C(NC[C@H]1OCCc2ccccc21)c1ccc2n[nH]nc2c1. The Bertz CT molecular complexity index is 858. The van der Waals surface area contributed by atoms with Gasteiger partial charge in [0.1, 0.15) is 17.1 Å². The first-order chi connectivity index (χ1) is 11.3. The Morgan fingerprint density at radius 1 is 1.22 bits per heavy atom. The maximum absolute atomic E-state index is 12.3. The molecule has 2 aromatic carbocycles. The van der Waals surface area contributed by atoms with Crippen LogP contribution >= 0.6 is 0 Å². The number of carbonyl (C=O) groups is 1. The smallest absolute Gasteiger partial charge is 0.251 e. The molecule has 0 unspecified atom stereocenters. The fourth-order valence-electron chi connectivity index (χ4n) is 2.91. The summed E-state index contributed by atoms with van der Waals surface area (Å²) in [5.74, 6) is -0.137. The number of carbonyl (C=O) groups excluding carboxylic acids is 1. The molecule has 1 atom stereocenters. The summed E-state index contributed by atoms with van der Waals surface area (Å²) >= 11 is 0. The summed E-state index contributed by atoms with van der Waals surface area (Å²) in [7, 11) is 0. The van der Waals surface area contributed by atoms with E-state index in [1.54, 1.807) is 18.2 Å². The van der Waals surface area contributed by atoms with Crippen LogP contribution < -0.4 is 5.32 Å². The summed E-state index contributed by atoms with van der Waals surface area (Å²) in [6.45, 7) is 1.13. The Morgan fingerprint density at radius 3 is 3.04 bits per heavy atom. The number of amides is 1. The van der Waals surface area contributed by atoms with Gasteiger partial charge in [-0.25, -0.2) is 0 Å². The van der Waals surface area contributed by atoms with E-state index in [9.17, 15) is 4.79 Å². The first-order valence-corrected chi connectivity index (χ1v) is 7.59. The lowest BCUT2D eigenvalue weighted by Crippen LogP contribution is -2.31. The van der Waals surface area contributed by atoms with Crippen molar-refractivity contribution < 1.29 is 9.53 Å². The second-order valence-corrected chi connectivity index (χ2v) is 5.55. The maximum Gasteiger partial charge on any atom is 0.251 e. The molecule has 0 radical (unpaired) electrons. The van der Waals surface area contributed by atoms with Crippen LogP contribution in [0.5, 0.6) is 0 Å². The molecule has 4 rings (SSSR count). The van der Waals surface area contributed by atoms with Gasteiger partial charge >= 0.3 is 0 Å². The number of nitrogens with one attached hydrogen (secondary N) is 2. The van der Waals surface area contributed by atoms with E-state index in [4.69, 9.17) is 4.74 Å². The molecule has 0 bridgehead atoms. The zero-order valence-corrected chi connectivity index (χ0v) is 12.5. The number of ether oxygens (including phenoxy) is 1. The van der Waals surface area contributed by atoms with Crippen molar-refractivity contribution in [1.29, 1.82) is 0 Å². The normalized spacial score (nSPS) is 17.0. The molecule has 0 saturated carbocycles. The van der Waals surface area contributed by atoms with Gasteiger partial charge in [-0.1, -0.05) is 24.3 Å². The quantitative estimate of drug-likeness (QED) is 0.775. The number of benzene rings is 2. The number of aromatic nitrogens is 3. The van der Waals surface area contributed by atoms with Gasteiger partial charge in [-0.15, -0.1) is 0 Å². The molecule has 2 N–H and O–H groups in total. The number of fused-ring (bicyclic) bond motifs is 2. The fourth-order valence-corrected chi connectivity index (χ4v) is 2.91. The molecule has 3 aromatic rings. The molecular formula is C17H16N4O2. The third kappa shape index (κ3) is 2.68. The Balaban J connectivity index is 1.47. The van der Waals surface area contributed by atoms with Gasteiger partial charge in [-0.05, 0) is 35.7 Å². The zero-order valence-electron chi connectivity index (χ0n) is 12.5. The van der Waals surface area contributed by atoms with E-state index in [2.05, 4.69) is 32.9 Å². The number of H-pyrrole nitrogens is 1. The zero-order chi connectivity index (χ0) is 15.6. The highest BCUT2D eigenvalue weighted by atomic mass is 16.5. The average molecular weight is 308 g/mol. The van der Waals surface area contributed by atoms with Gasteiger partial charge in [-0.3, -0.25) is 4.79 Å². The highest BCUT2D eigenvalue weighted by molar-refractivity contribution is 5.97. The molecule has 0 fully saturated rings. The second kappa shape index (κ2) is 5.81. The minimum absolute atomic E-state index is 0.0975. The third-order valence-electron chi connectivity index (χ3n) is 4.12. The number of hydrogen-bond acceptors (Lipinski definition) is 4. The lowest BCUT2D eigenvalue weighted by molar-refractivity contribution is 0.0411. The Morgan fingerprint density at radius 2 is 2.09 bits per heavy atom. The van der Waals surface area contributed by atoms with Gasteiger partial charge in [-0.2, -0.15) is 15.4 Å². The lowest BCUT2D eigenvalue weighted by Gasteiger charge is -2.26. The van der Waals surface area contributed by atoms with Gasteiger partial charge in [0, 0.05) is 12.1 Å². The summed E-state index contributed by atoms with van der Waals surface area (Å²) in [5.41, 5.74) is 4.44. The van der Waals surface area contributed by atoms with Crippen LogP contribution in [0.3, 0.4) is 0 Å². The van der Waals surface area contributed by atoms with Gasteiger partial charge in [0.15, 0.2) is 0 Å². The summed E-state index contributed by atoms with van der Waals surface area (Å²) in [4.78, 5) is 12.3. The van der Waals surface area contributed by atoms with E-state index in [1.165, 1.54) is 5.56 Å². The van der Waals surface area contributed by atoms with Gasteiger partial charge in [0.25, 0.3) is 5.91 Å². The number of nitrogens with zero attached hydrogens (tertiary/aromatic N) is 2. The monoisotopic (exact) mass is 308 g/mol. The standard InChI is InChI=1S/C17H16N4O2/c22-17(12-5-6-14-15(9-12)20-21-19-14)18-10-16-13-4-2-1-3-11(13)7-8-23-16/h1-6,9,16H,7-8,10H2,(H,18,22)(H,19,20,21)/t16-/m1/s1. The van der Waals surface area contributed by atoms with E-state index < -0.39 is 0 Å². The van der Waals surface area contributed by atoms with Crippen LogP contribution in [0.15, 0.2) is 42.5 Å². The van der Waals surface area contributed by atoms with Crippen molar-refractivity contribution >= 4 is 16.9 Å². The minimum Gasteiger partial charge on any atom is -0.371 e. The predicted octanol–water partition coefficient (Wildman–Crippen LogP) is 2.00. The molecule has 1 aromatic heterocycles. The van der Waals surface area contributed by atoms with Crippen molar-refractivity contribution in [2.45, 2.75) is 12.5 Å². The molecule has 1 aliphatic rings. The van der Waals surface area contributed by atoms with Crippen LogP contribution in [0.25, 0.3) is 11.0 Å². The number of aromatic amines is 1. The Kier molecular flexibility index (Phi) is 3.51. The number of rotatable bonds is 3. The molecule has 1 aliphatic heterocycles. The molecule has 116 valence electrons. The lowest BCUT2D eigenvalue weighted by atomic mass is 9.97. The molecule has 0 spiro atoms. The Labute approximate surface area is 132 Å². The second-order valence-electron chi connectivity index (χ2n) is 5.55. The summed E-state index contributed by atoms with van der Waals surface area (Å²) in [6, 6.07) is 13.5. The third-order valence-corrected chi connectivity index (χ3v) is 4.12. The molecule has 0 saturated heterocycles. The average Bonchev–Trinajstić information content (AvgIpc) is 3.07. The van der Waals surface area contributed by atoms with Crippen molar-refractivity contribution in [2.75, 3.05) is 13.2 Å². The predicted molar refractivity (Wildman–Crippen MR) is 85.1 cm³/mol. The first kappa shape index (κ1) is 13.9. The van der Waals surface area contributed by atoms with Crippen molar-refractivity contribution in [2.24, 2.45) is 0 Å². The molecule has 0 aliphatic carbocycles. The molecule has 6 nitrogen and oxygen atoms in total. The molecule has 1 amide bonds. The molecule has 23 heavy (non-hydrogen) atoms. The van der Waals surface area contributed by atoms with Crippen LogP contribution in [-0.4, -0.2) is 34.5 Å². The molecule has 6 heteroatoms. The van der Waals surface area contributed by atoms with E-state index in [1.807, 2.05) is 12.1 Å². The van der Waals surface area contributed by atoms with Crippen molar-refractivity contribution in [3.8, 4) is 0 Å².